The monoisotopic (exact) mass is 398 g/mol. The highest BCUT2D eigenvalue weighted by molar-refractivity contribution is 7.19. The lowest BCUT2D eigenvalue weighted by atomic mass is 9.97. The van der Waals surface area contributed by atoms with Crippen LogP contribution < -0.4 is 5.32 Å². The van der Waals surface area contributed by atoms with E-state index in [1.54, 1.807) is 13.3 Å². The molecule has 28 heavy (non-hydrogen) atoms. The van der Waals surface area contributed by atoms with Crippen molar-refractivity contribution in [2.75, 3.05) is 38.8 Å². The Balaban J connectivity index is 1.58. The molecule has 1 aliphatic rings. The zero-order chi connectivity index (χ0) is 19.2. The van der Waals surface area contributed by atoms with Gasteiger partial charge in [0.1, 0.15) is 10.6 Å². The Morgan fingerprint density at radius 2 is 2.07 bits per heavy atom. The molecule has 0 spiro atoms. The molecule has 0 amide bonds. The molecule has 0 bridgehead atoms. The molecule has 0 unspecified atom stereocenters. The standard InChI is InChI=1S/C21H26N4O2S/c1-26-12-13-27-11-5-10-23-20-18-16-7-2-3-8-17(16)28-21(18)25-19(24-20)15-6-4-9-22-14-15/h4,6,9,14H,2-3,5,7-8,10-13H2,1H3,(H,23,24,25). The molecule has 0 radical (unpaired) electrons. The van der Waals surface area contributed by atoms with E-state index in [2.05, 4.69) is 10.3 Å². The van der Waals surface area contributed by atoms with Gasteiger partial charge >= 0.3 is 0 Å². The molecule has 0 aromatic carbocycles. The summed E-state index contributed by atoms with van der Waals surface area (Å²) >= 11 is 1.83. The van der Waals surface area contributed by atoms with E-state index < -0.39 is 0 Å². The minimum Gasteiger partial charge on any atom is -0.382 e. The second-order valence-electron chi connectivity index (χ2n) is 6.91. The number of hydrogen-bond acceptors (Lipinski definition) is 7. The summed E-state index contributed by atoms with van der Waals surface area (Å²) in [5.41, 5.74) is 2.39. The first-order valence-electron chi connectivity index (χ1n) is 9.90. The van der Waals surface area contributed by atoms with E-state index in [0.717, 1.165) is 47.8 Å². The summed E-state index contributed by atoms with van der Waals surface area (Å²) in [6.45, 7) is 2.80. The second kappa shape index (κ2) is 9.41. The molecular weight excluding hydrogens is 372 g/mol. The number of methoxy groups -OCH3 is 1. The van der Waals surface area contributed by atoms with Crippen LogP contribution in [0, 0.1) is 0 Å². The van der Waals surface area contributed by atoms with Gasteiger partial charge in [0, 0.05) is 43.1 Å². The highest BCUT2D eigenvalue weighted by atomic mass is 32.1. The summed E-state index contributed by atoms with van der Waals surface area (Å²) in [6, 6.07) is 3.93. The van der Waals surface area contributed by atoms with Crippen LogP contribution in [-0.4, -0.2) is 48.4 Å². The van der Waals surface area contributed by atoms with Gasteiger partial charge in [-0.25, -0.2) is 9.97 Å². The van der Waals surface area contributed by atoms with Crippen molar-refractivity contribution in [2.24, 2.45) is 0 Å². The Hall–Kier alpha value is -2.09. The number of thiophene rings is 1. The molecule has 0 aliphatic heterocycles. The topological polar surface area (TPSA) is 69.2 Å². The molecule has 4 rings (SSSR count). The molecule has 0 fully saturated rings. The third kappa shape index (κ3) is 4.32. The maximum Gasteiger partial charge on any atom is 0.164 e. The van der Waals surface area contributed by atoms with Crippen molar-refractivity contribution in [3.63, 3.8) is 0 Å². The van der Waals surface area contributed by atoms with Gasteiger partial charge in [-0.2, -0.15) is 0 Å². The van der Waals surface area contributed by atoms with Crippen LogP contribution in [0.25, 0.3) is 21.6 Å². The molecule has 1 aliphatic carbocycles. The molecule has 6 nitrogen and oxygen atoms in total. The van der Waals surface area contributed by atoms with Crippen LogP contribution in [0.5, 0.6) is 0 Å². The number of nitrogens with one attached hydrogen (secondary N) is 1. The molecule has 0 saturated carbocycles. The number of fused-ring (bicyclic) bond motifs is 3. The maximum absolute atomic E-state index is 5.56. The van der Waals surface area contributed by atoms with E-state index in [1.807, 2.05) is 29.7 Å². The van der Waals surface area contributed by atoms with Crippen molar-refractivity contribution in [3.8, 4) is 11.4 Å². The predicted octanol–water partition coefficient (Wildman–Crippen LogP) is 4.10. The normalized spacial score (nSPS) is 13.6. The SMILES string of the molecule is COCCOCCCNc1nc(-c2cccnc2)nc2sc3c(c12)CCCC3. The van der Waals surface area contributed by atoms with E-state index in [1.165, 1.54) is 28.7 Å². The van der Waals surface area contributed by atoms with Crippen molar-refractivity contribution < 1.29 is 9.47 Å². The first kappa shape index (κ1) is 19.2. The zero-order valence-electron chi connectivity index (χ0n) is 16.2. The van der Waals surface area contributed by atoms with Gasteiger partial charge < -0.3 is 14.8 Å². The predicted molar refractivity (Wildman–Crippen MR) is 113 cm³/mol. The molecule has 0 saturated heterocycles. The van der Waals surface area contributed by atoms with E-state index in [4.69, 9.17) is 19.4 Å². The quantitative estimate of drug-likeness (QED) is 0.547. The number of anilines is 1. The van der Waals surface area contributed by atoms with Crippen LogP contribution in [0.1, 0.15) is 29.7 Å². The fourth-order valence-electron chi connectivity index (χ4n) is 3.53. The van der Waals surface area contributed by atoms with Gasteiger partial charge in [-0.05, 0) is 49.8 Å². The van der Waals surface area contributed by atoms with Gasteiger partial charge in [-0.15, -0.1) is 11.3 Å². The maximum atomic E-state index is 5.56. The Morgan fingerprint density at radius 3 is 2.93 bits per heavy atom. The van der Waals surface area contributed by atoms with E-state index in [0.29, 0.717) is 19.8 Å². The fourth-order valence-corrected chi connectivity index (χ4v) is 4.80. The van der Waals surface area contributed by atoms with Gasteiger partial charge in [-0.3, -0.25) is 4.98 Å². The first-order chi connectivity index (χ1) is 13.9. The Morgan fingerprint density at radius 1 is 1.14 bits per heavy atom. The van der Waals surface area contributed by atoms with Gasteiger partial charge in [0.2, 0.25) is 0 Å². The van der Waals surface area contributed by atoms with E-state index >= 15 is 0 Å². The Bertz CT molecular complexity index is 914. The summed E-state index contributed by atoms with van der Waals surface area (Å²) in [7, 11) is 1.69. The number of pyridine rings is 1. The van der Waals surface area contributed by atoms with E-state index in [-0.39, 0.29) is 0 Å². The molecule has 3 aromatic heterocycles. The summed E-state index contributed by atoms with van der Waals surface area (Å²) in [6.07, 6.45) is 9.31. The minimum absolute atomic E-state index is 0.634. The number of aromatic nitrogens is 3. The van der Waals surface area contributed by atoms with Crippen LogP contribution in [0.4, 0.5) is 5.82 Å². The largest absolute Gasteiger partial charge is 0.382 e. The summed E-state index contributed by atoms with van der Waals surface area (Å²) in [4.78, 5) is 16.5. The number of aryl methyl sites for hydroxylation is 2. The highest BCUT2D eigenvalue weighted by Gasteiger charge is 2.21. The summed E-state index contributed by atoms with van der Waals surface area (Å²) in [5.74, 6) is 1.68. The smallest absolute Gasteiger partial charge is 0.164 e. The van der Waals surface area contributed by atoms with E-state index in [9.17, 15) is 0 Å². The highest BCUT2D eigenvalue weighted by Crippen LogP contribution is 2.39. The average molecular weight is 399 g/mol. The van der Waals surface area contributed by atoms with Crippen LogP contribution in [0.2, 0.25) is 0 Å². The van der Waals surface area contributed by atoms with Crippen molar-refractivity contribution in [3.05, 3.63) is 35.0 Å². The van der Waals surface area contributed by atoms with Crippen LogP contribution in [-0.2, 0) is 22.3 Å². The Kier molecular flexibility index (Phi) is 6.46. The lowest BCUT2D eigenvalue weighted by molar-refractivity contribution is 0.0705. The molecule has 148 valence electrons. The molecular formula is C21H26N4O2S. The van der Waals surface area contributed by atoms with Crippen molar-refractivity contribution in [1.29, 1.82) is 0 Å². The van der Waals surface area contributed by atoms with Crippen molar-refractivity contribution in [1.82, 2.24) is 15.0 Å². The van der Waals surface area contributed by atoms with Crippen LogP contribution in [0.3, 0.4) is 0 Å². The van der Waals surface area contributed by atoms with Gasteiger partial charge in [0.25, 0.3) is 0 Å². The second-order valence-corrected chi connectivity index (χ2v) is 8.00. The molecule has 3 aromatic rings. The number of nitrogens with zero attached hydrogens (tertiary/aromatic N) is 3. The third-order valence-electron chi connectivity index (χ3n) is 4.92. The fraction of sp³-hybridized carbons (Fsp3) is 0.476. The van der Waals surface area contributed by atoms with Crippen LogP contribution in [0.15, 0.2) is 24.5 Å². The van der Waals surface area contributed by atoms with Gasteiger partial charge in [0.15, 0.2) is 5.82 Å². The summed E-state index contributed by atoms with van der Waals surface area (Å²) in [5, 5.41) is 4.76. The van der Waals surface area contributed by atoms with Gasteiger partial charge in [-0.1, -0.05) is 0 Å². The molecule has 7 heteroatoms. The lowest BCUT2D eigenvalue weighted by Gasteiger charge is -2.13. The number of rotatable bonds is 9. The Labute approximate surface area is 169 Å². The van der Waals surface area contributed by atoms with Crippen molar-refractivity contribution in [2.45, 2.75) is 32.1 Å². The minimum atomic E-state index is 0.634. The molecule has 1 N–H and O–H groups in total. The average Bonchev–Trinajstić information content (AvgIpc) is 3.12. The third-order valence-corrected chi connectivity index (χ3v) is 6.11. The molecule has 3 heterocycles. The first-order valence-corrected chi connectivity index (χ1v) is 10.7. The zero-order valence-corrected chi connectivity index (χ0v) is 17.1. The number of ether oxygens (including phenoxy) is 2. The van der Waals surface area contributed by atoms with Gasteiger partial charge in [0.05, 0.1) is 18.6 Å². The lowest BCUT2D eigenvalue weighted by Crippen LogP contribution is -2.10. The van der Waals surface area contributed by atoms with Crippen LogP contribution >= 0.6 is 11.3 Å². The molecule has 0 atom stereocenters. The number of hydrogen-bond donors (Lipinski definition) is 1. The summed E-state index contributed by atoms with van der Waals surface area (Å²) < 4.78 is 10.6. The van der Waals surface area contributed by atoms with Crippen molar-refractivity contribution >= 4 is 27.4 Å².